The quantitative estimate of drug-likeness (QED) is 0.862. The van der Waals surface area contributed by atoms with Crippen molar-refractivity contribution in [3.63, 3.8) is 0 Å². The van der Waals surface area contributed by atoms with Crippen LogP contribution >= 0.6 is 0 Å². The van der Waals surface area contributed by atoms with Crippen molar-refractivity contribution in [1.29, 1.82) is 0 Å². The van der Waals surface area contributed by atoms with E-state index < -0.39 is 0 Å². The summed E-state index contributed by atoms with van der Waals surface area (Å²) in [6.45, 7) is 5.70. The van der Waals surface area contributed by atoms with Gasteiger partial charge in [0.1, 0.15) is 0 Å². The second-order valence-electron chi connectivity index (χ2n) is 5.88. The summed E-state index contributed by atoms with van der Waals surface area (Å²) in [7, 11) is 0. The smallest absolute Gasteiger partial charge is 0.0944 e. The molecule has 2 atom stereocenters. The highest BCUT2D eigenvalue weighted by Crippen LogP contribution is 2.32. The third-order valence-electron chi connectivity index (χ3n) is 4.52. The molecule has 5 nitrogen and oxygen atoms in total. The number of ether oxygens (including phenoxy) is 1. The highest BCUT2D eigenvalue weighted by atomic mass is 16.5. The molecule has 5 heteroatoms. The summed E-state index contributed by atoms with van der Waals surface area (Å²) in [4.78, 5) is 2.45. The van der Waals surface area contributed by atoms with E-state index in [9.17, 15) is 0 Å². The largest absolute Gasteiger partial charge is 0.368 e. The van der Waals surface area contributed by atoms with Gasteiger partial charge in [-0.2, -0.15) is 0 Å². The summed E-state index contributed by atoms with van der Waals surface area (Å²) in [5.74, 6) is 0. The number of rotatable bonds is 3. The molecule has 0 aliphatic carbocycles. The van der Waals surface area contributed by atoms with Gasteiger partial charge in [0.2, 0.25) is 0 Å². The molecule has 110 valence electrons. The molecule has 1 aromatic carbocycles. The maximum absolute atomic E-state index is 6.05. The van der Waals surface area contributed by atoms with Crippen LogP contribution < -0.4 is 0 Å². The third-order valence-corrected chi connectivity index (χ3v) is 4.52. The van der Waals surface area contributed by atoms with Crippen LogP contribution in [-0.2, 0) is 24.3 Å². The van der Waals surface area contributed by atoms with Crippen molar-refractivity contribution in [2.75, 3.05) is 13.1 Å². The van der Waals surface area contributed by atoms with Crippen LogP contribution in [0.5, 0.6) is 0 Å². The predicted molar refractivity (Wildman–Crippen MR) is 78.7 cm³/mol. The Morgan fingerprint density at radius 1 is 1.24 bits per heavy atom. The van der Waals surface area contributed by atoms with Crippen LogP contribution in [0.1, 0.15) is 29.9 Å². The summed E-state index contributed by atoms with van der Waals surface area (Å²) >= 11 is 0. The first-order valence-corrected chi connectivity index (χ1v) is 7.66. The Morgan fingerprint density at radius 3 is 2.90 bits per heavy atom. The molecule has 1 saturated heterocycles. The first kappa shape index (κ1) is 13.0. The number of fused-ring (bicyclic) bond motifs is 3. The zero-order valence-corrected chi connectivity index (χ0v) is 12.3. The van der Waals surface area contributed by atoms with E-state index in [4.69, 9.17) is 4.74 Å². The van der Waals surface area contributed by atoms with Gasteiger partial charge < -0.3 is 4.74 Å². The molecule has 0 radical (unpaired) electrons. The number of aromatic nitrogens is 3. The maximum atomic E-state index is 6.05. The van der Waals surface area contributed by atoms with Crippen molar-refractivity contribution >= 4 is 0 Å². The summed E-state index contributed by atoms with van der Waals surface area (Å²) in [5.41, 5.74) is 3.60. The van der Waals surface area contributed by atoms with E-state index in [0.717, 1.165) is 31.7 Å². The van der Waals surface area contributed by atoms with E-state index in [0.29, 0.717) is 12.6 Å². The van der Waals surface area contributed by atoms with Gasteiger partial charge in [0, 0.05) is 19.6 Å². The lowest BCUT2D eigenvalue weighted by Crippen LogP contribution is -2.32. The molecule has 2 aromatic rings. The molecule has 2 aliphatic rings. The maximum Gasteiger partial charge on any atom is 0.0944 e. The lowest BCUT2D eigenvalue weighted by Gasteiger charge is -2.26. The fraction of sp³-hybridized carbons (Fsp3) is 0.500. The molecular weight excluding hydrogens is 264 g/mol. The van der Waals surface area contributed by atoms with Crippen molar-refractivity contribution < 1.29 is 4.74 Å². The predicted octanol–water partition coefficient (Wildman–Crippen LogP) is 1.80. The van der Waals surface area contributed by atoms with Crippen molar-refractivity contribution in [1.82, 2.24) is 19.9 Å². The van der Waals surface area contributed by atoms with Gasteiger partial charge in [-0.1, -0.05) is 42.5 Å². The molecule has 0 bridgehead atoms. The second kappa shape index (κ2) is 5.24. The highest BCUT2D eigenvalue weighted by Gasteiger charge is 2.40. The summed E-state index contributed by atoms with van der Waals surface area (Å²) in [6.07, 6.45) is 1.16. The monoisotopic (exact) mass is 284 g/mol. The number of hydrogen-bond acceptors (Lipinski definition) is 4. The van der Waals surface area contributed by atoms with Crippen molar-refractivity contribution in [3.05, 3.63) is 47.3 Å². The Bertz CT molecular complexity index is 624. The van der Waals surface area contributed by atoms with Gasteiger partial charge in [-0.3, -0.25) is 4.90 Å². The molecule has 4 rings (SSSR count). The molecule has 0 unspecified atom stereocenters. The van der Waals surface area contributed by atoms with Crippen molar-refractivity contribution in [2.45, 2.75) is 38.6 Å². The minimum absolute atomic E-state index is 0.243. The Hall–Kier alpha value is -1.72. The molecule has 0 N–H and O–H groups in total. The van der Waals surface area contributed by atoms with E-state index in [1.165, 1.54) is 11.3 Å². The third kappa shape index (κ3) is 2.26. The van der Waals surface area contributed by atoms with Gasteiger partial charge in [-0.05, 0) is 12.0 Å². The topological polar surface area (TPSA) is 43.2 Å². The van der Waals surface area contributed by atoms with E-state index >= 15 is 0 Å². The fourth-order valence-electron chi connectivity index (χ4n) is 3.42. The van der Waals surface area contributed by atoms with E-state index in [-0.39, 0.29) is 6.10 Å². The van der Waals surface area contributed by atoms with Crippen LogP contribution in [0.25, 0.3) is 0 Å². The molecular formula is C16H20N4O. The lowest BCUT2D eigenvalue weighted by molar-refractivity contribution is -0.00559. The van der Waals surface area contributed by atoms with Gasteiger partial charge >= 0.3 is 0 Å². The Kier molecular flexibility index (Phi) is 3.24. The van der Waals surface area contributed by atoms with Gasteiger partial charge in [0.25, 0.3) is 0 Å². The number of hydrogen-bond donors (Lipinski definition) is 0. The van der Waals surface area contributed by atoms with Gasteiger partial charge in [-0.15, -0.1) is 5.10 Å². The van der Waals surface area contributed by atoms with Crippen LogP contribution in [0.3, 0.4) is 0 Å². The van der Waals surface area contributed by atoms with Crippen LogP contribution in [0.15, 0.2) is 30.3 Å². The lowest BCUT2D eigenvalue weighted by atomic mass is 10.1. The average molecular weight is 284 g/mol. The van der Waals surface area contributed by atoms with E-state index in [1.54, 1.807) is 0 Å². The SMILES string of the molecule is CCc1nnn2c1CO[C@@H]1CN(Cc3ccccc3)C[C@H]12. The number of benzene rings is 1. The zero-order chi connectivity index (χ0) is 14.2. The standard InChI is InChI=1S/C16H20N4O/c1-2-13-15-11-21-16-10-19(8-12-6-4-3-5-7-12)9-14(16)20(15)18-17-13/h3-7,14,16H,2,8-11H2,1H3/t14-,16-/m1/s1. The summed E-state index contributed by atoms with van der Waals surface area (Å²) < 4.78 is 8.16. The van der Waals surface area contributed by atoms with Crippen LogP contribution in [-0.4, -0.2) is 39.1 Å². The molecule has 0 saturated carbocycles. The molecule has 21 heavy (non-hydrogen) atoms. The zero-order valence-electron chi connectivity index (χ0n) is 12.3. The first-order chi connectivity index (χ1) is 10.3. The minimum atomic E-state index is 0.243. The van der Waals surface area contributed by atoms with Gasteiger partial charge in [0.05, 0.1) is 30.1 Å². The Balaban J connectivity index is 1.53. The van der Waals surface area contributed by atoms with Crippen molar-refractivity contribution in [3.8, 4) is 0 Å². The molecule has 0 amide bonds. The summed E-state index contributed by atoms with van der Waals surface area (Å²) in [5, 5.41) is 8.67. The van der Waals surface area contributed by atoms with Gasteiger partial charge in [0.15, 0.2) is 0 Å². The van der Waals surface area contributed by atoms with Crippen molar-refractivity contribution in [2.24, 2.45) is 0 Å². The van der Waals surface area contributed by atoms with Gasteiger partial charge in [-0.25, -0.2) is 4.68 Å². The number of aryl methyl sites for hydroxylation is 1. The fourth-order valence-corrected chi connectivity index (χ4v) is 3.42. The molecule has 3 heterocycles. The van der Waals surface area contributed by atoms with Crippen LogP contribution in [0, 0.1) is 0 Å². The van der Waals surface area contributed by atoms with Crippen LogP contribution in [0.2, 0.25) is 0 Å². The van der Waals surface area contributed by atoms with E-state index in [1.807, 2.05) is 0 Å². The second-order valence-corrected chi connectivity index (χ2v) is 5.88. The minimum Gasteiger partial charge on any atom is -0.368 e. The molecule has 1 aromatic heterocycles. The highest BCUT2D eigenvalue weighted by molar-refractivity contribution is 5.16. The average Bonchev–Trinajstić information content (AvgIpc) is 3.10. The van der Waals surface area contributed by atoms with E-state index in [2.05, 4.69) is 57.1 Å². The molecule has 1 fully saturated rings. The Morgan fingerprint density at radius 2 is 2.10 bits per heavy atom. The van der Waals surface area contributed by atoms with Crippen LogP contribution in [0.4, 0.5) is 0 Å². The molecule has 0 spiro atoms. The normalized spacial score (nSPS) is 24.8. The number of nitrogens with zero attached hydrogens (tertiary/aromatic N) is 4. The number of likely N-dealkylation sites (tertiary alicyclic amines) is 1. The summed E-state index contributed by atoms with van der Waals surface area (Å²) in [6, 6.07) is 10.9. The Labute approximate surface area is 124 Å². The molecule has 2 aliphatic heterocycles. The first-order valence-electron chi connectivity index (χ1n) is 7.66.